The lowest BCUT2D eigenvalue weighted by Crippen LogP contribution is -2.41. The summed E-state index contributed by atoms with van der Waals surface area (Å²) in [5.41, 5.74) is -0.860. The first kappa shape index (κ1) is 21.5. The van der Waals surface area contributed by atoms with E-state index in [1.807, 2.05) is 13.8 Å². The Morgan fingerprint density at radius 3 is 2.19 bits per heavy atom. The molecule has 10 heteroatoms. The third-order valence-electron chi connectivity index (χ3n) is 5.51. The van der Waals surface area contributed by atoms with E-state index in [0.717, 1.165) is 8.97 Å². The monoisotopic (exact) mass is 441 g/mol. The minimum absolute atomic E-state index is 0.00227. The minimum atomic E-state index is -0.595. The minimum Gasteiger partial charge on any atom is -0.494 e. The van der Waals surface area contributed by atoms with Gasteiger partial charge in [0.2, 0.25) is 11.7 Å². The second-order valence-electron chi connectivity index (χ2n) is 7.78. The summed E-state index contributed by atoms with van der Waals surface area (Å²) >= 11 is 0. The smallest absolute Gasteiger partial charge is 0.332 e. The summed E-state index contributed by atoms with van der Waals surface area (Å²) in [5, 5.41) is 10.7. The van der Waals surface area contributed by atoms with Crippen molar-refractivity contribution in [2.45, 2.75) is 53.2 Å². The van der Waals surface area contributed by atoms with Crippen molar-refractivity contribution in [1.82, 2.24) is 23.1 Å². The Kier molecular flexibility index (Phi) is 5.45. The predicted octanol–water partition coefficient (Wildman–Crippen LogP) is 1.99. The predicted molar refractivity (Wildman–Crippen MR) is 118 cm³/mol. The molecule has 0 aliphatic carbocycles. The molecule has 3 aromatic heterocycles. The molecule has 0 spiro atoms. The van der Waals surface area contributed by atoms with Crippen molar-refractivity contribution in [1.29, 1.82) is 0 Å². The maximum Gasteiger partial charge on any atom is 0.332 e. The summed E-state index contributed by atoms with van der Waals surface area (Å²) in [7, 11) is 0. The molecule has 0 saturated carbocycles. The van der Waals surface area contributed by atoms with Gasteiger partial charge in [-0.1, -0.05) is 26.0 Å². The Morgan fingerprint density at radius 1 is 0.938 bits per heavy atom. The molecule has 1 N–H and O–H groups in total. The molecule has 0 amide bonds. The average molecular weight is 441 g/mol. The number of aromatic hydroxyl groups is 1. The van der Waals surface area contributed by atoms with Gasteiger partial charge in [-0.3, -0.25) is 23.3 Å². The van der Waals surface area contributed by atoms with Crippen LogP contribution < -0.4 is 16.8 Å². The van der Waals surface area contributed by atoms with Crippen molar-refractivity contribution < 1.29 is 9.50 Å². The van der Waals surface area contributed by atoms with Crippen LogP contribution in [-0.4, -0.2) is 28.2 Å². The summed E-state index contributed by atoms with van der Waals surface area (Å²) in [4.78, 5) is 43.8. The highest BCUT2D eigenvalue weighted by Gasteiger charge is 2.24. The van der Waals surface area contributed by atoms with Crippen molar-refractivity contribution in [3.8, 4) is 5.88 Å². The number of fused-ring (bicyclic) bond motifs is 3. The van der Waals surface area contributed by atoms with Gasteiger partial charge in [-0.25, -0.2) is 13.6 Å². The molecule has 0 saturated heterocycles. The SMILES string of the molecule is CCCn1c(=O)c2c(nc3n(Cc4ccc(F)cc4)c(O)c(C)c(=O)n23)n(CCC)c1=O. The number of aromatic nitrogens is 5. The fourth-order valence-corrected chi connectivity index (χ4v) is 3.93. The first-order valence-electron chi connectivity index (χ1n) is 10.5. The van der Waals surface area contributed by atoms with Gasteiger partial charge < -0.3 is 5.11 Å². The van der Waals surface area contributed by atoms with Crippen LogP contribution in [0.4, 0.5) is 4.39 Å². The zero-order valence-electron chi connectivity index (χ0n) is 18.1. The van der Waals surface area contributed by atoms with Gasteiger partial charge in [-0.2, -0.15) is 4.98 Å². The topological polar surface area (TPSA) is 104 Å². The Labute approximate surface area is 181 Å². The number of imidazole rings is 1. The van der Waals surface area contributed by atoms with Gasteiger partial charge in [0.25, 0.3) is 11.1 Å². The Morgan fingerprint density at radius 2 is 1.56 bits per heavy atom. The van der Waals surface area contributed by atoms with Crippen LogP contribution in [0.25, 0.3) is 16.9 Å². The molecule has 168 valence electrons. The molecule has 4 aromatic rings. The van der Waals surface area contributed by atoms with E-state index in [0.29, 0.717) is 24.9 Å². The second-order valence-corrected chi connectivity index (χ2v) is 7.78. The number of hydrogen-bond acceptors (Lipinski definition) is 5. The van der Waals surface area contributed by atoms with Crippen LogP contribution in [0, 0.1) is 12.7 Å². The highest BCUT2D eigenvalue weighted by atomic mass is 19.1. The van der Waals surface area contributed by atoms with Crippen LogP contribution in [0.15, 0.2) is 38.6 Å². The molecule has 0 unspecified atom stereocenters. The fraction of sp³-hybridized carbons (Fsp3) is 0.364. The molecule has 0 aliphatic rings. The highest BCUT2D eigenvalue weighted by molar-refractivity contribution is 5.75. The van der Waals surface area contributed by atoms with Crippen LogP contribution in [-0.2, 0) is 19.6 Å². The van der Waals surface area contributed by atoms with Gasteiger partial charge in [0.1, 0.15) is 5.82 Å². The van der Waals surface area contributed by atoms with E-state index in [4.69, 9.17) is 0 Å². The van der Waals surface area contributed by atoms with E-state index in [1.54, 1.807) is 12.1 Å². The van der Waals surface area contributed by atoms with Crippen LogP contribution >= 0.6 is 0 Å². The third kappa shape index (κ3) is 3.22. The average Bonchev–Trinajstić information content (AvgIpc) is 3.17. The summed E-state index contributed by atoms with van der Waals surface area (Å²) < 4.78 is 18.4. The highest BCUT2D eigenvalue weighted by Crippen LogP contribution is 2.21. The van der Waals surface area contributed by atoms with E-state index >= 15 is 0 Å². The molecule has 0 bridgehead atoms. The molecule has 1 aromatic carbocycles. The number of benzene rings is 1. The van der Waals surface area contributed by atoms with Crippen molar-refractivity contribution >= 4 is 16.9 Å². The summed E-state index contributed by atoms with van der Waals surface area (Å²) in [6, 6.07) is 5.71. The molecular formula is C22H24FN5O4. The van der Waals surface area contributed by atoms with E-state index in [1.165, 1.54) is 28.2 Å². The Balaban J connectivity index is 2.16. The van der Waals surface area contributed by atoms with Crippen molar-refractivity contribution in [2.75, 3.05) is 0 Å². The molecule has 32 heavy (non-hydrogen) atoms. The van der Waals surface area contributed by atoms with Gasteiger partial charge in [-0.05, 0) is 37.5 Å². The fourth-order valence-electron chi connectivity index (χ4n) is 3.93. The molecule has 4 rings (SSSR count). The molecule has 3 heterocycles. The first-order valence-corrected chi connectivity index (χ1v) is 10.5. The second kappa shape index (κ2) is 8.10. The van der Waals surface area contributed by atoms with Gasteiger partial charge in [0.05, 0.1) is 12.1 Å². The lowest BCUT2D eigenvalue weighted by atomic mass is 10.2. The molecule has 9 nitrogen and oxygen atoms in total. The number of halogens is 1. The van der Waals surface area contributed by atoms with Gasteiger partial charge in [0, 0.05) is 13.1 Å². The molecule has 0 atom stereocenters. The lowest BCUT2D eigenvalue weighted by Gasteiger charge is -2.13. The largest absolute Gasteiger partial charge is 0.494 e. The standard InChI is InChI=1S/C22H24FN5O4/c1-4-10-25-17-16(20(31)26(11-5-2)22(25)32)28-19(30)13(3)18(29)27(21(28)24-17)12-14-6-8-15(23)9-7-14/h6-9,29H,4-5,10-12H2,1-3H3. The van der Waals surface area contributed by atoms with Gasteiger partial charge in [0.15, 0.2) is 11.2 Å². The van der Waals surface area contributed by atoms with Crippen LogP contribution in [0.5, 0.6) is 5.88 Å². The zero-order chi connectivity index (χ0) is 23.2. The molecule has 0 radical (unpaired) electrons. The van der Waals surface area contributed by atoms with Crippen molar-refractivity contribution in [2.24, 2.45) is 0 Å². The summed E-state index contributed by atoms with van der Waals surface area (Å²) in [5.74, 6) is -0.667. The first-order chi connectivity index (χ1) is 15.3. The Hall–Kier alpha value is -3.69. The maximum absolute atomic E-state index is 13.3. The summed E-state index contributed by atoms with van der Waals surface area (Å²) in [6.07, 6.45) is 1.19. The number of rotatable bonds is 6. The third-order valence-corrected chi connectivity index (χ3v) is 5.51. The van der Waals surface area contributed by atoms with Crippen LogP contribution in [0.2, 0.25) is 0 Å². The van der Waals surface area contributed by atoms with Gasteiger partial charge in [-0.15, -0.1) is 0 Å². The maximum atomic E-state index is 13.3. The van der Waals surface area contributed by atoms with Crippen LogP contribution in [0.3, 0.4) is 0 Å². The number of aryl methyl sites for hydroxylation is 1. The number of hydrogen-bond donors (Lipinski definition) is 1. The van der Waals surface area contributed by atoms with Crippen molar-refractivity contribution in [3.05, 3.63) is 72.4 Å². The van der Waals surface area contributed by atoms with Gasteiger partial charge >= 0.3 is 5.69 Å². The van der Waals surface area contributed by atoms with Crippen molar-refractivity contribution in [3.63, 3.8) is 0 Å². The lowest BCUT2D eigenvalue weighted by molar-refractivity contribution is 0.414. The van der Waals surface area contributed by atoms with E-state index in [2.05, 4.69) is 4.98 Å². The van der Waals surface area contributed by atoms with E-state index in [9.17, 15) is 23.9 Å². The normalized spacial score (nSPS) is 11.6. The molecular weight excluding hydrogens is 417 g/mol. The van der Waals surface area contributed by atoms with Crippen LogP contribution in [0.1, 0.15) is 37.8 Å². The van der Waals surface area contributed by atoms with E-state index in [-0.39, 0.29) is 41.5 Å². The summed E-state index contributed by atoms with van der Waals surface area (Å²) in [6.45, 7) is 5.82. The molecule has 0 aliphatic heterocycles. The Bertz CT molecular complexity index is 1510. The zero-order valence-corrected chi connectivity index (χ0v) is 18.1. The number of nitrogens with zero attached hydrogens (tertiary/aromatic N) is 5. The van der Waals surface area contributed by atoms with E-state index < -0.39 is 22.6 Å². The molecule has 0 fully saturated rings. The quantitative estimate of drug-likeness (QED) is 0.493.